The molecular formula is C27H27Cl4N3O4S. The Bertz CT molecular complexity index is 1440. The van der Waals surface area contributed by atoms with Gasteiger partial charge in [0.2, 0.25) is 11.8 Å². The molecule has 39 heavy (non-hydrogen) atoms. The van der Waals surface area contributed by atoms with Gasteiger partial charge in [0.05, 0.1) is 30.7 Å². The molecule has 2 amide bonds. The number of hydrogen-bond acceptors (Lipinski definition) is 4. The van der Waals surface area contributed by atoms with Crippen molar-refractivity contribution in [2.24, 2.45) is 0 Å². The second-order valence-corrected chi connectivity index (χ2v) is 12.2. The summed E-state index contributed by atoms with van der Waals surface area (Å²) in [6, 6.07) is 15.9. The van der Waals surface area contributed by atoms with Gasteiger partial charge in [0.1, 0.15) is 12.6 Å². The highest BCUT2D eigenvalue weighted by molar-refractivity contribution is 7.92. The van der Waals surface area contributed by atoms with Crippen LogP contribution in [0.2, 0.25) is 20.1 Å². The zero-order valence-electron chi connectivity index (χ0n) is 21.2. The molecule has 0 spiro atoms. The van der Waals surface area contributed by atoms with Crippen LogP contribution in [0.5, 0.6) is 0 Å². The van der Waals surface area contributed by atoms with Gasteiger partial charge in [-0.2, -0.15) is 0 Å². The van der Waals surface area contributed by atoms with Crippen LogP contribution in [-0.4, -0.2) is 44.3 Å². The first-order chi connectivity index (χ1) is 18.4. The lowest BCUT2D eigenvalue weighted by molar-refractivity contribution is -0.139. The van der Waals surface area contributed by atoms with E-state index in [1.807, 2.05) is 6.92 Å². The van der Waals surface area contributed by atoms with Crippen molar-refractivity contribution in [3.63, 3.8) is 0 Å². The first kappa shape index (κ1) is 31.0. The minimum absolute atomic E-state index is 0.0168. The van der Waals surface area contributed by atoms with Gasteiger partial charge in [-0.15, -0.1) is 0 Å². The van der Waals surface area contributed by atoms with Crippen molar-refractivity contribution in [3.8, 4) is 0 Å². The molecular weight excluding hydrogens is 604 g/mol. The van der Waals surface area contributed by atoms with Crippen molar-refractivity contribution in [3.05, 3.63) is 92.4 Å². The minimum atomic E-state index is -4.21. The molecule has 0 saturated carbocycles. The SMILES string of the molecule is CCCNC(=O)C(C)N(Cc1ccc(Cl)c(Cl)c1)C(=O)CN(c1ccc(Cl)c(Cl)c1)S(=O)(=O)c1ccccc1. The molecule has 3 rings (SSSR count). The summed E-state index contributed by atoms with van der Waals surface area (Å²) in [5, 5.41) is 3.76. The quantitative estimate of drug-likeness (QED) is 0.264. The van der Waals surface area contributed by atoms with E-state index < -0.39 is 28.5 Å². The largest absolute Gasteiger partial charge is 0.354 e. The first-order valence-electron chi connectivity index (χ1n) is 12.0. The molecule has 0 saturated heterocycles. The summed E-state index contributed by atoms with van der Waals surface area (Å²) in [6.07, 6.45) is 0.708. The van der Waals surface area contributed by atoms with Crippen LogP contribution in [0.3, 0.4) is 0 Å². The number of rotatable bonds is 11. The number of carbonyl (C=O) groups excluding carboxylic acids is 2. The zero-order chi connectivity index (χ0) is 28.7. The van der Waals surface area contributed by atoms with Gasteiger partial charge in [-0.3, -0.25) is 13.9 Å². The van der Waals surface area contributed by atoms with Gasteiger partial charge < -0.3 is 10.2 Å². The average Bonchev–Trinajstić information content (AvgIpc) is 2.92. The van der Waals surface area contributed by atoms with Crippen molar-refractivity contribution in [2.45, 2.75) is 37.8 Å². The standard InChI is InChI=1S/C27H27Cl4N3O4S/c1-3-13-32-27(36)18(2)33(16-19-9-11-22(28)24(30)14-19)26(35)17-34(20-10-12-23(29)25(31)15-20)39(37,38)21-7-5-4-6-8-21/h4-12,14-15,18H,3,13,16-17H2,1-2H3,(H,32,36). The maximum absolute atomic E-state index is 13.9. The Kier molecular flexibility index (Phi) is 10.9. The van der Waals surface area contributed by atoms with Crippen molar-refractivity contribution >= 4 is 73.9 Å². The topological polar surface area (TPSA) is 86.8 Å². The van der Waals surface area contributed by atoms with E-state index in [4.69, 9.17) is 46.4 Å². The third kappa shape index (κ3) is 7.80. The summed E-state index contributed by atoms with van der Waals surface area (Å²) in [4.78, 5) is 28.0. The van der Waals surface area contributed by atoms with E-state index in [1.165, 1.54) is 35.2 Å². The molecule has 0 aliphatic carbocycles. The molecule has 0 aliphatic heterocycles. The summed E-state index contributed by atoms with van der Waals surface area (Å²) in [5.41, 5.74) is 0.749. The summed E-state index contributed by atoms with van der Waals surface area (Å²) in [5.74, 6) is -0.997. The number of amides is 2. The fraction of sp³-hybridized carbons (Fsp3) is 0.259. The van der Waals surface area contributed by atoms with E-state index in [2.05, 4.69) is 5.32 Å². The van der Waals surface area contributed by atoms with E-state index in [0.717, 1.165) is 4.31 Å². The van der Waals surface area contributed by atoms with Gasteiger partial charge in [0.25, 0.3) is 10.0 Å². The van der Waals surface area contributed by atoms with Crippen LogP contribution in [0.4, 0.5) is 5.69 Å². The van der Waals surface area contributed by atoms with Crippen molar-refractivity contribution < 1.29 is 18.0 Å². The Labute approximate surface area is 248 Å². The third-order valence-corrected chi connectivity index (χ3v) is 9.12. The number of anilines is 1. The molecule has 208 valence electrons. The number of nitrogens with one attached hydrogen (secondary N) is 1. The van der Waals surface area contributed by atoms with E-state index in [0.29, 0.717) is 23.6 Å². The maximum Gasteiger partial charge on any atom is 0.264 e. The highest BCUT2D eigenvalue weighted by Gasteiger charge is 2.32. The third-order valence-electron chi connectivity index (χ3n) is 5.85. The average molecular weight is 631 g/mol. The molecule has 0 aliphatic rings. The number of benzene rings is 3. The Morgan fingerprint density at radius 1 is 0.872 bits per heavy atom. The van der Waals surface area contributed by atoms with Crippen LogP contribution >= 0.6 is 46.4 Å². The number of sulfonamides is 1. The van der Waals surface area contributed by atoms with Crippen LogP contribution in [0.25, 0.3) is 0 Å². The molecule has 3 aromatic carbocycles. The molecule has 0 bridgehead atoms. The zero-order valence-corrected chi connectivity index (χ0v) is 25.0. The number of carbonyl (C=O) groups is 2. The van der Waals surface area contributed by atoms with Gasteiger partial charge in [-0.25, -0.2) is 8.42 Å². The van der Waals surface area contributed by atoms with E-state index in [1.54, 1.807) is 43.3 Å². The predicted octanol–water partition coefficient (Wildman–Crippen LogP) is 6.44. The van der Waals surface area contributed by atoms with Crippen molar-refractivity contribution in [1.29, 1.82) is 0 Å². The Balaban J connectivity index is 2.04. The molecule has 12 heteroatoms. The minimum Gasteiger partial charge on any atom is -0.354 e. The molecule has 3 aromatic rings. The normalized spacial score (nSPS) is 12.1. The van der Waals surface area contributed by atoms with Gasteiger partial charge in [0.15, 0.2) is 0 Å². The van der Waals surface area contributed by atoms with Crippen LogP contribution in [0, 0.1) is 0 Å². The van der Waals surface area contributed by atoms with Crippen LogP contribution < -0.4 is 9.62 Å². The molecule has 0 radical (unpaired) electrons. The van der Waals surface area contributed by atoms with E-state index in [-0.39, 0.29) is 38.1 Å². The van der Waals surface area contributed by atoms with Gasteiger partial charge in [0, 0.05) is 13.1 Å². The summed E-state index contributed by atoms with van der Waals surface area (Å²) in [6.45, 7) is 3.29. The lowest BCUT2D eigenvalue weighted by Crippen LogP contribution is -2.51. The smallest absolute Gasteiger partial charge is 0.264 e. The second-order valence-electron chi connectivity index (χ2n) is 8.66. The van der Waals surface area contributed by atoms with Gasteiger partial charge in [-0.1, -0.05) is 77.6 Å². The van der Waals surface area contributed by atoms with Crippen LogP contribution in [0.15, 0.2) is 71.6 Å². The summed E-state index contributed by atoms with van der Waals surface area (Å²) < 4.78 is 28.4. The number of nitrogens with zero attached hydrogens (tertiary/aromatic N) is 2. The highest BCUT2D eigenvalue weighted by atomic mass is 35.5. The molecule has 1 N–H and O–H groups in total. The molecule has 1 unspecified atom stereocenters. The second kappa shape index (κ2) is 13.7. The van der Waals surface area contributed by atoms with E-state index >= 15 is 0 Å². The maximum atomic E-state index is 13.9. The van der Waals surface area contributed by atoms with E-state index in [9.17, 15) is 18.0 Å². The van der Waals surface area contributed by atoms with Gasteiger partial charge in [-0.05, 0) is 61.4 Å². The van der Waals surface area contributed by atoms with Crippen LogP contribution in [0.1, 0.15) is 25.8 Å². The molecule has 0 aromatic heterocycles. The Hall–Kier alpha value is -2.49. The lowest BCUT2D eigenvalue weighted by atomic mass is 10.1. The summed E-state index contributed by atoms with van der Waals surface area (Å²) >= 11 is 24.5. The van der Waals surface area contributed by atoms with Crippen molar-refractivity contribution in [2.75, 3.05) is 17.4 Å². The molecule has 0 heterocycles. The monoisotopic (exact) mass is 629 g/mol. The molecule has 7 nitrogen and oxygen atoms in total. The predicted molar refractivity (Wildman–Crippen MR) is 157 cm³/mol. The highest BCUT2D eigenvalue weighted by Crippen LogP contribution is 2.31. The Morgan fingerprint density at radius 3 is 2.08 bits per heavy atom. The number of halogens is 4. The molecule has 0 fully saturated rings. The van der Waals surface area contributed by atoms with Gasteiger partial charge >= 0.3 is 0 Å². The van der Waals surface area contributed by atoms with Crippen molar-refractivity contribution in [1.82, 2.24) is 10.2 Å². The fourth-order valence-electron chi connectivity index (χ4n) is 3.70. The first-order valence-corrected chi connectivity index (χ1v) is 14.9. The molecule has 1 atom stereocenters. The summed E-state index contributed by atoms with van der Waals surface area (Å²) in [7, 11) is -4.21. The Morgan fingerprint density at radius 2 is 1.49 bits per heavy atom. The fourth-order valence-corrected chi connectivity index (χ4v) is 5.74. The van der Waals surface area contributed by atoms with Crippen LogP contribution in [-0.2, 0) is 26.2 Å². The number of hydrogen-bond donors (Lipinski definition) is 1. The lowest BCUT2D eigenvalue weighted by Gasteiger charge is -2.32.